The van der Waals surface area contributed by atoms with Gasteiger partial charge >= 0.3 is 17.1 Å². The average Bonchev–Trinajstić information content (AvgIpc) is 2.95. The number of hydrogen-bond acceptors (Lipinski definition) is 1. The fraction of sp³-hybridized carbons (Fsp3) is 0.286. The molecule has 0 heterocycles. The summed E-state index contributed by atoms with van der Waals surface area (Å²) in [6.45, 7) is 2.08. The molecule has 0 saturated heterocycles. The van der Waals surface area contributed by atoms with Crippen molar-refractivity contribution in [2.24, 2.45) is 0 Å². The van der Waals surface area contributed by atoms with Gasteiger partial charge in [0.15, 0.2) is 0 Å². The summed E-state index contributed by atoms with van der Waals surface area (Å²) in [6.07, 6.45) is 1.65. The quantitative estimate of drug-likeness (QED) is 0.658. The number of aliphatic hydroxyl groups excluding tert-OH is 1. The molecule has 2 heteroatoms. The maximum absolute atomic E-state index is 9.41. The summed E-state index contributed by atoms with van der Waals surface area (Å²) in [4.78, 5) is 0. The molecule has 16 heavy (non-hydrogen) atoms. The number of aliphatic hydroxyl groups is 1. The minimum absolute atomic E-state index is 0. The second kappa shape index (κ2) is 9.41. The summed E-state index contributed by atoms with van der Waals surface area (Å²) in [6, 6.07) is 17.8. The number of rotatable bonds is 3. The van der Waals surface area contributed by atoms with Crippen LogP contribution in [0.4, 0.5) is 0 Å². The van der Waals surface area contributed by atoms with Crippen molar-refractivity contribution >= 4 is 0 Å². The Morgan fingerprint density at radius 3 is 2.06 bits per heavy atom. The fourth-order valence-corrected chi connectivity index (χ4v) is 1.37. The van der Waals surface area contributed by atoms with Crippen molar-refractivity contribution < 1.29 is 22.2 Å². The predicted molar refractivity (Wildman–Crippen MR) is 63.9 cm³/mol. The minimum atomic E-state index is -0.250. The van der Waals surface area contributed by atoms with Crippen molar-refractivity contribution in [3.63, 3.8) is 0 Å². The first kappa shape index (κ1) is 15.2. The van der Waals surface area contributed by atoms with Gasteiger partial charge in [-0.05, 0) is 6.42 Å². The van der Waals surface area contributed by atoms with Crippen LogP contribution in [0, 0.1) is 0 Å². The van der Waals surface area contributed by atoms with E-state index in [9.17, 15) is 5.11 Å². The van der Waals surface area contributed by atoms with Crippen molar-refractivity contribution in [2.45, 2.75) is 25.9 Å². The Kier molecular flexibility index (Phi) is 8.93. The maximum Gasteiger partial charge on any atom is 2.00 e. The molecule has 0 bridgehead atoms. The molecule has 0 saturated carbocycles. The number of hydrogen-bond donors (Lipinski definition) is 1. The van der Waals surface area contributed by atoms with Crippen LogP contribution in [0.5, 0.6) is 0 Å². The Morgan fingerprint density at radius 2 is 1.69 bits per heavy atom. The molecule has 1 atom stereocenters. The molecule has 0 aliphatic heterocycles. The van der Waals surface area contributed by atoms with E-state index in [1.165, 1.54) is 0 Å². The van der Waals surface area contributed by atoms with Crippen LogP contribution in [0.2, 0.25) is 0 Å². The largest absolute Gasteiger partial charge is 2.00 e. The van der Waals surface area contributed by atoms with Crippen molar-refractivity contribution in [1.82, 2.24) is 0 Å². The van der Waals surface area contributed by atoms with Crippen LogP contribution in [0.25, 0.3) is 0 Å². The molecule has 2 aromatic rings. The zero-order valence-electron chi connectivity index (χ0n) is 9.49. The molecule has 88 valence electrons. The molecule has 1 N–H and O–H groups in total. The van der Waals surface area contributed by atoms with Gasteiger partial charge in [0.1, 0.15) is 0 Å². The average molecular weight is 258 g/mol. The first-order chi connectivity index (χ1) is 7.34. The second-order valence-electron chi connectivity index (χ2n) is 3.48. The van der Waals surface area contributed by atoms with E-state index in [0.717, 1.165) is 18.4 Å². The van der Waals surface area contributed by atoms with E-state index in [1.807, 2.05) is 54.6 Å². The van der Waals surface area contributed by atoms with Gasteiger partial charge < -0.3 is 5.11 Å². The molecule has 0 fully saturated rings. The van der Waals surface area contributed by atoms with Gasteiger partial charge in [-0.25, -0.2) is 24.3 Å². The zero-order chi connectivity index (χ0) is 10.9. The molecule has 0 spiro atoms. The van der Waals surface area contributed by atoms with Gasteiger partial charge in [-0.2, -0.15) is 30.3 Å². The third-order valence-corrected chi connectivity index (χ3v) is 2.19. The molecular formula is C14H18FeO. The Labute approximate surface area is 108 Å². The molecular weight excluding hydrogens is 240 g/mol. The molecule has 0 radical (unpaired) electrons. The van der Waals surface area contributed by atoms with E-state index in [-0.39, 0.29) is 23.2 Å². The topological polar surface area (TPSA) is 20.2 Å². The van der Waals surface area contributed by atoms with Gasteiger partial charge in [0.25, 0.3) is 0 Å². The van der Waals surface area contributed by atoms with Gasteiger partial charge in [-0.3, -0.25) is 0 Å². The van der Waals surface area contributed by atoms with E-state index in [0.29, 0.717) is 0 Å². The van der Waals surface area contributed by atoms with Crippen LogP contribution in [0.1, 0.15) is 31.4 Å². The van der Waals surface area contributed by atoms with E-state index >= 15 is 0 Å². The maximum atomic E-state index is 9.41. The standard InChI is InChI=1S/C9H13O.C5H5.Fe/c1-2-5-9(10)8-6-3-4-7-8;1-2-4-5-3-1;/h3-4,6-7,9-10H,2,5H2,1H3;1-5H;/q2*-1;+2. The monoisotopic (exact) mass is 258 g/mol. The Bertz CT molecular complexity index is 293. The van der Waals surface area contributed by atoms with Crippen molar-refractivity contribution in [1.29, 1.82) is 0 Å². The fourth-order valence-electron chi connectivity index (χ4n) is 1.37. The first-order valence-corrected chi connectivity index (χ1v) is 5.41. The SMILES string of the molecule is CCCC(O)[c-]1cccc1.[Fe+2].c1cc[cH-]c1. The Balaban J connectivity index is 0.000000318. The van der Waals surface area contributed by atoms with Gasteiger partial charge in [-0.1, -0.05) is 13.3 Å². The molecule has 2 rings (SSSR count). The third-order valence-electron chi connectivity index (χ3n) is 2.19. The summed E-state index contributed by atoms with van der Waals surface area (Å²) in [5.74, 6) is 0. The molecule has 0 aliphatic rings. The van der Waals surface area contributed by atoms with Crippen molar-refractivity contribution in [3.05, 3.63) is 60.2 Å². The van der Waals surface area contributed by atoms with Crippen LogP contribution < -0.4 is 0 Å². The molecule has 0 aliphatic carbocycles. The molecule has 0 amide bonds. The molecule has 1 unspecified atom stereocenters. The van der Waals surface area contributed by atoms with Gasteiger partial charge in [0, 0.05) is 6.10 Å². The van der Waals surface area contributed by atoms with Crippen LogP contribution >= 0.6 is 0 Å². The van der Waals surface area contributed by atoms with Crippen LogP contribution in [-0.2, 0) is 17.1 Å². The Morgan fingerprint density at radius 1 is 1.12 bits per heavy atom. The van der Waals surface area contributed by atoms with E-state index in [1.54, 1.807) is 0 Å². The third kappa shape index (κ3) is 5.92. The summed E-state index contributed by atoms with van der Waals surface area (Å²) in [5, 5.41) is 9.41. The van der Waals surface area contributed by atoms with E-state index < -0.39 is 0 Å². The van der Waals surface area contributed by atoms with Gasteiger partial charge in [-0.15, -0.1) is 5.56 Å². The zero-order valence-corrected chi connectivity index (χ0v) is 10.6. The van der Waals surface area contributed by atoms with Gasteiger partial charge in [0.05, 0.1) is 0 Å². The summed E-state index contributed by atoms with van der Waals surface area (Å²) in [5.41, 5.74) is 1.04. The predicted octanol–water partition coefficient (Wildman–Crippen LogP) is 3.64. The normalized spacial score (nSPS) is 10.9. The van der Waals surface area contributed by atoms with Crippen molar-refractivity contribution in [2.75, 3.05) is 0 Å². The summed E-state index contributed by atoms with van der Waals surface area (Å²) >= 11 is 0. The van der Waals surface area contributed by atoms with Gasteiger partial charge in [0.2, 0.25) is 0 Å². The molecule has 2 aromatic carbocycles. The molecule has 1 nitrogen and oxygen atoms in total. The summed E-state index contributed by atoms with van der Waals surface area (Å²) in [7, 11) is 0. The smallest absolute Gasteiger partial charge is 0.401 e. The minimum Gasteiger partial charge on any atom is -0.401 e. The molecule has 0 aromatic heterocycles. The van der Waals surface area contributed by atoms with E-state index in [4.69, 9.17) is 0 Å². The first-order valence-electron chi connectivity index (χ1n) is 5.41. The second-order valence-corrected chi connectivity index (χ2v) is 3.48. The Hall–Kier alpha value is -0.821. The van der Waals surface area contributed by atoms with Crippen LogP contribution in [-0.4, -0.2) is 5.11 Å². The summed E-state index contributed by atoms with van der Waals surface area (Å²) < 4.78 is 0. The van der Waals surface area contributed by atoms with Crippen molar-refractivity contribution in [3.8, 4) is 0 Å². The van der Waals surface area contributed by atoms with Crippen LogP contribution in [0.3, 0.4) is 0 Å². The van der Waals surface area contributed by atoms with E-state index in [2.05, 4.69) is 6.92 Å². The van der Waals surface area contributed by atoms with Crippen LogP contribution in [0.15, 0.2) is 54.6 Å².